The Morgan fingerprint density at radius 3 is 3.00 bits per heavy atom. The van der Waals surface area contributed by atoms with Crippen molar-refractivity contribution in [2.24, 2.45) is 0 Å². The molecule has 1 heterocycles. The number of alkyl halides is 1. The maximum absolute atomic E-state index is 13.5. The monoisotopic (exact) mass is 303 g/mol. The molecule has 16 heavy (non-hydrogen) atoms. The van der Waals surface area contributed by atoms with Crippen LogP contribution in [-0.2, 0) is 6.42 Å². The van der Waals surface area contributed by atoms with Crippen LogP contribution < -0.4 is 0 Å². The summed E-state index contributed by atoms with van der Waals surface area (Å²) in [5.41, 5.74) is 0.391. The molecule has 0 unspecified atom stereocenters. The number of aryl methyl sites for hydroxylation is 1. The van der Waals surface area contributed by atoms with E-state index in [0.29, 0.717) is 29.5 Å². The first kappa shape index (κ1) is 11.6. The smallest absolute Gasteiger partial charge is 0.196 e. The molecule has 0 N–H and O–H groups in total. The minimum Gasteiger partial charge on any atom is -0.441 e. The molecule has 0 bridgehead atoms. The SMILES string of the molecule is Fc1ccc(Br)cc1-c1cnc(CCCl)o1. The summed E-state index contributed by atoms with van der Waals surface area (Å²) in [6.07, 6.45) is 2.05. The number of aromatic nitrogens is 1. The summed E-state index contributed by atoms with van der Waals surface area (Å²) in [6.45, 7) is 0. The molecule has 0 saturated carbocycles. The molecule has 0 atom stereocenters. The highest BCUT2D eigenvalue weighted by atomic mass is 79.9. The third-order valence-corrected chi connectivity index (χ3v) is 2.74. The summed E-state index contributed by atoms with van der Waals surface area (Å²) in [4.78, 5) is 4.02. The Morgan fingerprint density at radius 1 is 1.44 bits per heavy atom. The van der Waals surface area contributed by atoms with Crippen molar-refractivity contribution >= 4 is 27.5 Å². The Labute approximate surface area is 106 Å². The molecule has 1 aromatic carbocycles. The van der Waals surface area contributed by atoms with Crippen LogP contribution in [0.3, 0.4) is 0 Å². The van der Waals surface area contributed by atoms with Crippen LogP contribution in [-0.4, -0.2) is 10.9 Å². The van der Waals surface area contributed by atoms with Gasteiger partial charge in [-0.1, -0.05) is 15.9 Å². The van der Waals surface area contributed by atoms with Crippen LogP contribution in [0.1, 0.15) is 5.89 Å². The van der Waals surface area contributed by atoms with Crippen molar-refractivity contribution in [3.05, 3.63) is 40.6 Å². The second-order valence-corrected chi connectivity index (χ2v) is 4.48. The van der Waals surface area contributed by atoms with Gasteiger partial charge in [0.05, 0.1) is 11.8 Å². The molecule has 5 heteroatoms. The van der Waals surface area contributed by atoms with E-state index >= 15 is 0 Å². The van der Waals surface area contributed by atoms with Crippen molar-refractivity contribution in [1.29, 1.82) is 0 Å². The minimum atomic E-state index is -0.336. The van der Waals surface area contributed by atoms with Crippen molar-refractivity contribution in [1.82, 2.24) is 4.98 Å². The predicted molar refractivity (Wildman–Crippen MR) is 64.0 cm³/mol. The molecule has 0 aliphatic rings. The summed E-state index contributed by atoms with van der Waals surface area (Å²) in [5.74, 6) is 1.03. The number of halogens is 3. The lowest BCUT2D eigenvalue weighted by Gasteiger charge is -1.99. The molecular weight excluding hydrogens is 296 g/mol. The van der Waals surface area contributed by atoms with Crippen molar-refractivity contribution in [3.8, 4) is 11.3 Å². The quantitative estimate of drug-likeness (QED) is 0.800. The average molecular weight is 305 g/mol. The molecule has 2 nitrogen and oxygen atoms in total. The Morgan fingerprint density at radius 2 is 2.25 bits per heavy atom. The number of nitrogens with zero attached hydrogens (tertiary/aromatic N) is 1. The highest BCUT2D eigenvalue weighted by Crippen LogP contribution is 2.26. The number of hydrogen-bond acceptors (Lipinski definition) is 2. The fraction of sp³-hybridized carbons (Fsp3) is 0.182. The molecule has 84 valence electrons. The second kappa shape index (κ2) is 4.97. The van der Waals surface area contributed by atoms with E-state index in [1.165, 1.54) is 12.3 Å². The van der Waals surface area contributed by atoms with E-state index < -0.39 is 0 Å². The van der Waals surface area contributed by atoms with Gasteiger partial charge in [0.1, 0.15) is 5.82 Å². The van der Waals surface area contributed by atoms with E-state index in [-0.39, 0.29) is 5.82 Å². The lowest BCUT2D eigenvalue weighted by atomic mass is 10.2. The summed E-state index contributed by atoms with van der Waals surface area (Å²) in [5, 5.41) is 0. The Bertz CT molecular complexity index is 500. The summed E-state index contributed by atoms with van der Waals surface area (Å²) < 4.78 is 19.7. The molecule has 0 aliphatic heterocycles. The Balaban J connectivity index is 2.38. The highest BCUT2D eigenvalue weighted by Gasteiger charge is 2.11. The lowest BCUT2D eigenvalue weighted by Crippen LogP contribution is -1.84. The fourth-order valence-corrected chi connectivity index (χ4v) is 1.84. The van der Waals surface area contributed by atoms with Crippen LogP contribution in [0, 0.1) is 5.82 Å². The summed E-state index contributed by atoms with van der Waals surface area (Å²) >= 11 is 8.85. The van der Waals surface area contributed by atoms with E-state index in [4.69, 9.17) is 16.0 Å². The molecule has 2 aromatic rings. The molecule has 0 fully saturated rings. The van der Waals surface area contributed by atoms with Crippen LogP contribution in [0.4, 0.5) is 4.39 Å². The third kappa shape index (κ3) is 2.44. The Kier molecular flexibility index (Phi) is 3.61. The standard InChI is InChI=1S/C11H8BrClFNO/c12-7-1-2-9(14)8(5-7)10-6-15-11(16-10)3-4-13/h1-2,5-6H,3-4H2. The van der Waals surface area contributed by atoms with Crippen LogP contribution in [0.25, 0.3) is 11.3 Å². The van der Waals surface area contributed by atoms with E-state index in [0.717, 1.165) is 4.47 Å². The van der Waals surface area contributed by atoms with Crippen molar-refractivity contribution in [2.75, 3.05) is 5.88 Å². The minimum absolute atomic E-state index is 0.336. The van der Waals surface area contributed by atoms with Crippen LogP contribution >= 0.6 is 27.5 Å². The van der Waals surface area contributed by atoms with Crippen LogP contribution in [0.5, 0.6) is 0 Å². The van der Waals surface area contributed by atoms with Gasteiger partial charge in [-0.05, 0) is 18.2 Å². The molecular formula is C11H8BrClFNO. The zero-order valence-corrected chi connectivity index (χ0v) is 10.6. The number of benzene rings is 1. The van der Waals surface area contributed by atoms with Gasteiger partial charge in [-0.3, -0.25) is 0 Å². The molecule has 0 amide bonds. The van der Waals surface area contributed by atoms with Gasteiger partial charge in [-0.25, -0.2) is 9.37 Å². The largest absolute Gasteiger partial charge is 0.441 e. The van der Waals surface area contributed by atoms with E-state index in [9.17, 15) is 4.39 Å². The summed E-state index contributed by atoms with van der Waals surface area (Å²) in [7, 11) is 0. The molecule has 0 spiro atoms. The first-order valence-corrected chi connectivity index (χ1v) is 5.99. The zero-order valence-electron chi connectivity index (χ0n) is 8.21. The normalized spacial score (nSPS) is 10.7. The second-order valence-electron chi connectivity index (χ2n) is 3.18. The maximum Gasteiger partial charge on any atom is 0.196 e. The molecule has 0 saturated heterocycles. The molecule has 2 rings (SSSR count). The van der Waals surface area contributed by atoms with E-state index in [1.54, 1.807) is 12.1 Å². The summed E-state index contributed by atoms with van der Waals surface area (Å²) in [6, 6.07) is 4.67. The van der Waals surface area contributed by atoms with Gasteiger partial charge in [0.15, 0.2) is 11.7 Å². The van der Waals surface area contributed by atoms with Crippen molar-refractivity contribution in [3.63, 3.8) is 0 Å². The zero-order chi connectivity index (χ0) is 11.5. The third-order valence-electron chi connectivity index (χ3n) is 2.06. The van der Waals surface area contributed by atoms with Gasteiger partial charge in [0, 0.05) is 16.8 Å². The van der Waals surface area contributed by atoms with Crippen molar-refractivity contribution in [2.45, 2.75) is 6.42 Å². The number of oxazole rings is 1. The first-order valence-electron chi connectivity index (χ1n) is 4.67. The van der Waals surface area contributed by atoms with Gasteiger partial charge < -0.3 is 4.42 Å². The number of rotatable bonds is 3. The fourth-order valence-electron chi connectivity index (χ4n) is 1.32. The van der Waals surface area contributed by atoms with Crippen LogP contribution in [0.2, 0.25) is 0 Å². The lowest BCUT2D eigenvalue weighted by molar-refractivity contribution is 0.510. The molecule has 1 aromatic heterocycles. The molecule has 0 radical (unpaired) electrons. The van der Waals surface area contributed by atoms with Gasteiger partial charge in [-0.15, -0.1) is 11.6 Å². The van der Waals surface area contributed by atoms with Gasteiger partial charge >= 0.3 is 0 Å². The van der Waals surface area contributed by atoms with E-state index in [2.05, 4.69) is 20.9 Å². The number of hydrogen-bond donors (Lipinski definition) is 0. The predicted octanol–water partition coefficient (Wildman–Crippen LogP) is 4.02. The highest BCUT2D eigenvalue weighted by molar-refractivity contribution is 9.10. The van der Waals surface area contributed by atoms with E-state index in [1.807, 2.05) is 0 Å². The van der Waals surface area contributed by atoms with Gasteiger partial charge in [0.25, 0.3) is 0 Å². The van der Waals surface area contributed by atoms with Crippen molar-refractivity contribution < 1.29 is 8.81 Å². The average Bonchev–Trinajstić information content (AvgIpc) is 2.71. The molecule has 0 aliphatic carbocycles. The topological polar surface area (TPSA) is 26.0 Å². The van der Waals surface area contributed by atoms with Gasteiger partial charge in [-0.2, -0.15) is 0 Å². The van der Waals surface area contributed by atoms with Crippen LogP contribution in [0.15, 0.2) is 33.3 Å². The Hall–Kier alpha value is -0.870. The van der Waals surface area contributed by atoms with Gasteiger partial charge in [0.2, 0.25) is 0 Å². The maximum atomic E-state index is 13.5. The first-order chi connectivity index (χ1) is 7.70.